The zero-order valence-electron chi connectivity index (χ0n) is 10.7. The Hall–Kier alpha value is -2.09. The van der Waals surface area contributed by atoms with Gasteiger partial charge in [0.2, 0.25) is 0 Å². The van der Waals surface area contributed by atoms with Gasteiger partial charge in [0.15, 0.2) is 0 Å². The van der Waals surface area contributed by atoms with E-state index in [2.05, 4.69) is 42.8 Å². The number of aryl methyl sites for hydroxylation is 1. The Morgan fingerprint density at radius 3 is 2.61 bits per heavy atom. The van der Waals surface area contributed by atoms with Gasteiger partial charge in [-0.05, 0) is 47.2 Å². The summed E-state index contributed by atoms with van der Waals surface area (Å²) in [6, 6.07) is 12.3. The normalized spacial score (nSPS) is 10.3. The number of hydrogen-bond donors (Lipinski definition) is 1. The van der Waals surface area contributed by atoms with Gasteiger partial charge in [-0.2, -0.15) is 0 Å². The van der Waals surface area contributed by atoms with Crippen LogP contribution in [0, 0.1) is 0 Å². The molecular formula is C16H18N2. The van der Waals surface area contributed by atoms with E-state index in [1.165, 1.54) is 11.1 Å². The van der Waals surface area contributed by atoms with Crippen LogP contribution in [0.3, 0.4) is 0 Å². The summed E-state index contributed by atoms with van der Waals surface area (Å²) in [6.07, 6.45) is 3.62. The highest BCUT2D eigenvalue weighted by Crippen LogP contribution is 2.21. The van der Waals surface area contributed by atoms with Crippen LogP contribution in [0.1, 0.15) is 23.6 Å². The van der Waals surface area contributed by atoms with Crippen LogP contribution in [0.2, 0.25) is 0 Å². The molecule has 2 rings (SSSR count). The summed E-state index contributed by atoms with van der Waals surface area (Å²) in [7, 11) is 0. The van der Waals surface area contributed by atoms with E-state index in [9.17, 15) is 0 Å². The molecule has 92 valence electrons. The Balaban J connectivity index is 2.21. The summed E-state index contributed by atoms with van der Waals surface area (Å²) in [6.45, 7) is 6.33. The molecular weight excluding hydrogens is 220 g/mol. The zero-order chi connectivity index (χ0) is 13.0. The minimum Gasteiger partial charge on any atom is -0.384 e. The highest BCUT2D eigenvalue weighted by Gasteiger charge is 2.04. The molecule has 0 atom stereocenters. The number of nitrogens with two attached hydrogens (primary N) is 1. The Bertz CT molecular complexity index is 559. The number of allylic oxidation sites excluding steroid dienone is 1. The van der Waals surface area contributed by atoms with Crippen LogP contribution in [0.4, 0.5) is 5.82 Å². The van der Waals surface area contributed by atoms with Gasteiger partial charge in [0, 0.05) is 6.20 Å². The molecule has 18 heavy (non-hydrogen) atoms. The van der Waals surface area contributed by atoms with Crippen molar-refractivity contribution in [3.05, 3.63) is 65.9 Å². The predicted molar refractivity (Wildman–Crippen MR) is 77.2 cm³/mol. The van der Waals surface area contributed by atoms with E-state index in [4.69, 9.17) is 5.73 Å². The molecule has 1 heterocycles. The Labute approximate surface area is 108 Å². The van der Waals surface area contributed by atoms with Crippen molar-refractivity contribution in [3.63, 3.8) is 0 Å². The van der Waals surface area contributed by atoms with Crippen LogP contribution in [0.5, 0.6) is 0 Å². The summed E-state index contributed by atoms with van der Waals surface area (Å²) in [4.78, 5) is 4.00. The molecule has 0 aliphatic rings. The molecule has 2 heteroatoms. The maximum atomic E-state index is 5.69. The summed E-state index contributed by atoms with van der Waals surface area (Å²) < 4.78 is 0. The number of hydrogen-bond acceptors (Lipinski definition) is 2. The van der Waals surface area contributed by atoms with Crippen LogP contribution in [-0.2, 0) is 12.8 Å². The first-order chi connectivity index (χ1) is 8.70. The standard InChI is InChI=1S/C16H18N2/c1-3-13-6-4-5-7-15(13)10-12(2)14-8-9-18-16(17)11-14/h4-9,11H,2-3,10H2,1H3,(H2,17,18). The fraction of sp³-hybridized carbons (Fsp3) is 0.188. The zero-order valence-corrected chi connectivity index (χ0v) is 10.7. The largest absolute Gasteiger partial charge is 0.384 e. The lowest BCUT2D eigenvalue weighted by molar-refractivity contribution is 1.08. The molecule has 0 spiro atoms. The van der Waals surface area contributed by atoms with Crippen LogP contribution in [0.25, 0.3) is 5.57 Å². The molecule has 1 aromatic heterocycles. The lowest BCUT2D eigenvalue weighted by atomic mass is 9.96. The monoisotopic (exact) mass is 238 g/mol. The molecule has 0 fully saturated rings. The third-order valence-corrected chi connectivity index (χ3v) is 3.09. The maximum Gasteiger partial charge on any atom is 0.123 e. The van der Waals surface area contributed by atoms with Gasteiger partial charge >= 0.3 is 0 Å². The highest BCUT2D eigenvalue weighted by molar-refractivity contribution is 5.67. The Morgan fingerprint density at radius 1 is 1.22 bits per heavy atom. The van der Waals surface area contributed by atoms with E-state index in [-0.39, 0.29) is 0 Å². The number of anilines is 1. The average molecular weight is 238 g/mol. The van der Waals surface area contributed by atoms with E-state index in [0.717, 1.165) is 24.0 Å². The van der Waals surface area contributed by atoms with Gasteiger partial charge in [0.1, 0.15) is 5.82 Å². The van der Waals surface area contributed by atoms with E-state index in [0.29, 0.717) is 5.82 Å². The number of nitrogen functional groups attached to an aromatic ring is 1. The lowest BCUT2D eigenvalue weighted by Gasteiger charge is -2.10. The van der Waals surface area contributed by atoms with Crippen LogP contribution in [-0.4, -0.2) is 4.98 Å². The maximum absolute atomic E-state index is 5.69. The highest BCUT2D eigenvalue weighted by atomic mass is 14.8. The van der Waals surface area contributed by atoms with Crippen LogP contribution < -0.4 is 5.73 Å². The molecule has 2 N–H and O–H groups in total. The fourth-order valence-corrected chi connectivity index (χ4v) is 2.08. The third kappa shape index (κ3) is 2.77. The molecule has 0 amide bonds. The van der Waals surface area contributed by atoms with E-state index in [1.54, 1.807) is 6.20 Å². The van der Waals surface area contributed by atoms with Crippen molar-refractivity contribution in [2.24, 2.45) is 0 Å². The Kier molecular flexibility index (Phi) is 3.78. The summed E-state index contributed by atoms with van der Waals surface area (Å²) in [5.41, 5.74) is 10.5. The molecule has 0 unspecified atom stereocenters. The second-order valence-electron chi connectivity index (χ2n) is 4.37. The van der Waals surface area contributed by atoms with Crippen molar-refractivity contribution < 1.29 is 0 Å². The molecule has 0 aliphatic carbocycles. The average Bonchev–Trinajstić information content (AvgIpc) is 2.39. The van der Waals surface area contributed by atoms with Gasteiger partial charge in [0.05, 0.1) is 0 Å². The number of rotatable bonds is 4. The topological polar surface area (TPSA) is 38.9 Å². The molecule has 0 aliphatic heterocycles. The second-order valence-corrected chi connectivity index (χ2v) is 4.37. The van der Waals surface area contributed by atoms with E-state index < -0.39 is 0 Å². The fourth-order valence-electron chi connectivity index (χ4n) is 2.08. The van der Waals surface area contributed by atoms with Crippen molar-refractivity contribution in [1.82, 2.24) is 4.98 Å². The summed E-state index contributed by atoms with van der Waals surface area (Å²) in [5, 5.41) is 0. The van der Waals surface area contributed by atoms with Crippen molar-refractivity contribution in [2.45, 2.75) is 19.8 Å². The number of benzene rings is 1. The summed E-state index contributed by atoms with van der Waals surface area (Å²) >= 11 is 0. The molecule has 0 saturated carbocycles. The van der Waals surface area contributed by atoms with Gasteiger partial charge < -0.3 is 5.73 Å². The molecule has 2 nitrogen and oxygen atoms in total. The molecule has 2 aromatic rings. The molecule has 0 saturated heterocycles. The van der Waals surface area contributed by atoms with Crippen LogP contribution >= 0.6 is 0 Å². The number of aromatic nitrogens is 1. The number of pyridine rings is 1. The van der Waals surface area contributed by atoms with E-state index in [1.807, 2.05) is 12.1 Å². The second kappa shape index (κ2) is 5.50. The first-order valence-corrected chi connectivity index (χ1v) is 6.17. The number of nitrogens with zero attached hydrogens (tertiary/aromatic N) is 1. The van der Waals surface area contributed by atoms with Gasteiger partial charge in [0.25, 0.3) is 0 Å². The third-order valence-electron chi connectivity index (χ3n) is 3.09. The minimum absolute atomic E-state index is 0.539. The van der Waals surface area contributed by atoms with Crippen LogP contribution in [0.15, 0.2) is 49.2 Å². The Morgan fingerprint density at radius 2 is 1.94 bits per heavy atom. The first kappa shape index (κ1) is 12.4. The summed E-state index contributed by atoms with van der Waals surface area (Å²) in [5.74, 6) is 0.539. The molecule has 1 aromatic carbocycles. The molecule has 0 radical (unpaired) electrons. The van der Waals surface area contributed by atoms with Crippen molar-refractivity contribution in [1.29, 1.82) is 0 Å². The predicted octanol–water partition coefficient (Wildman–Crippen LogP) is 3.48. The van der Waals surface area contributed by atoms with Gasteiger partial charge in [-0.25, -0.2) is 4.98 Å². The minimum atomic E-state index is 0.539. The van der Waals surface area contributed by atoms with Crippen molar-refractivity contribution >= 4 is 11.4 Å². The van der Waals surface area contributed by atoms with Crippen molar-refractivity contribution in [3.8, 4) is 0 Å². The SMILES string of the molecule is C=C(Cc1ccccc1CC)c1ccnc(N)c1. The lowest BCUT2D eigenvalue weighted by Crippen LogP contribution is -1.96. The van der Waals surface area contributed by atoms with Gasteiger partial charge in [-0.3, -0.25) is 0 Å². The first-order valence-electron chi connectivity index (χ1n) is 6.17. The van der Waals surface area contributed by atoms with E-state index >= 15 is 0 Å². The smallest absolute Gasteiger partial charge is 0.123 e. The van der Waals surface area contributed by atoms with Gasteiger partial charge in [-0.15, -0.1) is 0 Å². The quantitative estimate of drug-likeness (QED) is 0.885. The molecule has 0 bridgehead atoms. The van der Waals surface area contributed by atoms with Gasteiger partial charge in [-0.1, -0.05) is 37.8 Å². The van der Waals surface area contributed by atoms with Crippen molar-refractivity contribution in [2.75, 3.05) is 5.73 Å².